The first-order chi connectivity index (χ1) is 18.4. The van der Waals surface area contributed by atoms with Gasteiger partial charge in [0.1, 0.15) is 18.2 Å². The minimum atomic E-state index is -0.726. The first-order valence-electron chi connectivity index (χ1n) is 12.2. The molecule has 2 aliphatic rings. The fourth-order valence-corrected chi connectivity index (χ4v) is 6.71. The van der Waals surface area contributed by atoms with Crippen molar-refractivity contribution in [3.63, 3.8) is 0 Å². The lowest BCUT2D eigenvalue weighted by Gasteiger charge is -2.37. The van der Waals surface area contributed by atoms with Crippen molar-refractivity contribution >= 4 is 33.8 Å². The summed E-state index contributed by atoms with van der Waals surface area (Å²) in [5.41, 5.74) is 7.34. The number of piperidine rings is 1. The molecule has 2 atom stereocenters. The van der Waals surface area contributed by atoms with Crippen molar-refractivity contribution < 1.29 is 13.6 Å². The van der Waals surface area contributed by atoms with Gasteiger partial charge in [0.15, 0.2) is 5.01 Å². The molecule has 2 aromatic heterocycles. The average Bonchev–Trinajstić information content (AvgIpc) is 3.58. The highest BCUT2D eigenvalue weighted by molar-refractivity contribution is 7.17. The lowest BCUT2D eigenvalue weighted by atomic mass is 9.98. The minimum absolute atomic E-state index is 0.0168. The molecule has 11 heteroatoms. The molecular weight excluding hydrogens is 508 g/mol. The Hall–Kier alpha value is -4.19. The number of thiazole rings is 1. The maximum Gasteiger partial charge on any atom is 0.283 e. The summed E-state index contributed by atoms with van der Waals surface area (Å²) in [6.45, 7) is 7.13. The van der Waals surface area contributed by atoms with E-state index in [-0.39, 0.29) is 52.5 Å². The van der Waals surface area contributed by atoms with Crippen LogP contribution in [0.1, 0.15) is 35.5 Å². The van der Waals surface area contributed by atoms with Gasteiger partial charge in [-0.1, -0.05) is 12.1 Å². The Morgan fingerprint density at radius 1 is 1.21 bits per heavy atom. The number of nitriles is 1. The Labute approximate surface area is 220 Å². The Bertz CT molecular complexity index is 1670. The summed E-state index contributed by atoms with van der Waals surface area (Å²) >= 11 is 1.05. The largest absolute Gasteiger partial charge is 0.331 e. The summed E-state index contributed by atoms with van der Waals surface area (Å²) in [5, 5.41) is 14.0. The number of hydrogen-bond acceptors (Lipinski definition) is 6. The smallest absolute Gasteiger partial charge is 0.283 e. The van der Waals surface area contributed by atoms with Crippen molar-refractivity contribution in [2.24, 2.45) is 5.73 Å². The maximum absolute atomic E-state index is 15.5. The van der Waals surface area contributed by atoms with Crippen LogP contribution in [0.15, 0.2) is 36.5 Å². The Morgan fingerprint density at radius 3 is 2.66 bits per heavy atom. The second-order valence-corrected chi connectivity index (χ2v) is 10.7. The third-order valence-corrected chi connectivity index (χ3v) is 8.43. The Morgan fingerprint density at radius 2 is 1.97 bits per heavy atom. The molecule has 0 saturated carbocycles. The number of rotatable bonds is 4. The topological polar surface area (TPSA) is 105 Å². The zero-order valence-electron chi connectivity index (χ0n) is 20.1. The molecule has 2 N–H and O–H groups in total. The molecule has 2 bridgehead atoms. The summed E-state index contributed by atoms with van der Waals surface area (Å²) < 4.78 is 31.6. The number of benzene rings is 2. The van der Waals surface area contributed by atoms with Crippen LogP contribution in [0.3, 0.4) is 0 Å². The maximum atomic E-state index is 15.5. The number of fused-ring (bicyclic) bond motifs is 3. The molecular formula is C27H21F2N7OS. The molecule has 4 heterocycles. The van der Waals surface area contributed by atoms with E-state index in [4.69, 9.17) is 17.6 Å². The van der Waals surface area contributed by atoms with Crippen LogP contribution in [-0.2, 0) is 6.54 Å². The predicted octanol–water partition coefficient (Wildman–Crippen LogP) is 5.27. The van der Waals surface area contributed by atoms with Gasteiger partial charge in [-0.15, -0.1) is 11.3 Å². The number of nitrogens with zero attached hydrogens (tertiary/aromatic N) is 6. The van der Waals surface area contributed by atoms with E-state index in [2.05, 4.69) is 14.9 Å². The number of amides is 1. The summed E-state index contributed by atoms with van der Waals surface area (Å²) in [4.78, 5) is 23.7. The summed E-state index contributed by atoms with van der Waals surface area (Å²) in [6.07, 6.45) is 4.70. The van der Waals surface area contributed by atoms with Crippen molar-refractivity contribution in [3.8, 4) is 27.8 Å². The first kappa shape index (κ1) is 24.2. The average molecular weight is 530 g/mol. The monoisotopic (exact) mass is 529 g/mol. The molecule has 2 fully saturated rings. The van der Waals surface area contributed by atoms with Crippen LogP contribution >= 0.6 is 11.3 Å². The number of carbonyl (C=O) groups is 1. The number of halogens is 2. The van der Waals surface area contributed by atoms with Crippen molar-refractivity contribution in [2.75, 3.05) is 0 Å². The number of carbonyl (C=O) groups excluding carboxylic acids is 1. The van der Waals surface area contributed by atoms with E-state index in [1.54, 1.807) is 12.1 Å². The van der Waals surface area contributed by atoms with Gasteiger partial charge in [-0.05, 0) is 43.9 Å². The molecule has 8 nitrogen and oxygen atoms in total. The van der Waals surface area contributed by atoms with E-state index in [9.17, 15) is 9.18 Å². The highest BCUT2D eigenvalue weighted by Gasteiger charge is 2.43. The van der Waals surface area contributed by atoms with Crippen LogP contribution in [0.2, 0.25) is 0 Å². The van der Waals surface area contributed by atoms with Gasteiger partial charge < -0.3 is 10.6 Å². The lowest BCUT2D eigenvalue weighted by Crippen LogP contribution is -2.50. The normalized spacial score (nSPS) is 20.4. The van der Waals surface area contributed by atoms with Crippen molar-refractivity contribution in [1.82, 2.24) is 19.7 Å². The molecule has 4 aromatic rings. The quantitative estimate of drug-likeness (QED) is 0.363. The highest BCUT2D eigenvalue weighted by Crippen LogP contribution is 2.42. The van der Waals surface area contributed by atoms with Crippen molar-refractivity contribution in [2.45, 2.75) is 50.4 Å². The zero-order valence-corrected chi connectivity index (χ0v) is 20.9. The summed E-state index contributed by atoms with van der Waals surface area (Å²) in [5.74, 6) is -1.52. The third kappa shape index (κ3) is 3.92. The zero-order chi connectivity index (χ0) is 26.6. The van der Waals surface area contributed by atoms with Crippen LogP contribution in [-0.4, -0.2) is 43.7 Å². The molecule has 0 radical (unpaired) electrons. The van der Waals surface area contributed by atoms with Crippen LogP contribution in [0.4, 0.5) is 14.5 Å². The molecule has 38 heavy (non-hydrogen) atoms. The first-order valence-corrected chi connectivity index (χ1v) is 13.0. The highest BCUT2D eigenvalue weighted by atomic mass is 32.1. The molecule has 190 valence electrons. The molecule has 2 unspecified atom stereocenters. The molecule has 6 rings (SSSR count). The fourth-order valence-electron chi connectivity index (χ4n) is 5.66. The minimum Gasteiger partial charge on any atom is -0.331 e. The van der Waals surface area contributed by atoms with Crippen LogP contribution in [0.5, 0.6) is 0 Å². The Balaban J connectivity index is 1.51. The van der Waals surface area contributed by atoms with Gasteiger partial charge in [-0.3, -0.25) is 9.48 Å². The summed E-state index contributed by atoms with van der Waals surface area (Å²) in [6, 6.07) is 9.14. The van der Waals surface area contributed by atoms with E-state index in [1.165, 1.54) is 29.1 Å². The Kier molecular flexibility index (Phi) is 5.90. The van der Waals surface area contributed by atoms with Gasteiger partial charge in [0.05, 0.1) is 34.9 Å². The van der Waals surface area contributed by atoms with Gasteiger partial charge in [0.2, 0.25) is 5.69 Å². The van der Waals surface area contributed by atoms with Gasteiger partial charge in [0, 0.05) is 34.6 Å². The number of nitrogens with two attached hydrogens (primary N) is 1. The van der Waals surface area contributed by atoms with Crippen LogP contribution in [0.25, 0.3) is 37.4 Å². The SMILES string of the molecule is [C-]#[N+]c1ccc(-c2nc(C(=O)N3C4CCC3CC(N)C4)sc2-c2cc3c(cnn3CC#N)cc2F)cc1F. The molecule has 0 spiro atoms. The number of hydrogen-bond donors (Lipinski definition) is 1. The standard InChI is InChI=1S/C27H21F2N7OS/c1-32-22-5-2-14(8-21(22)29)24-25(19-12-23-15(9-20(19)28)13-33-35(23)7-6-30)38-26(34-24)27(37)36-17-3-4-18(36)11-16(31)10-17/h2,5,8-9,12-13,16-18H,3-4,7,10-11,31H2. The third-order valence-electron chi connectivity index (χ3n) is 7.35. The van der Waals surface area contributed by atoms with Gasteiger partial charge in [0.25, 0.3) is 5.91 Å². The van der Waals surface area contributed by atoms with Crippen molar-refractivity contribution in [1.29, 1.82) is 5.26 Å². The second-order valence-electron chi connectivity index (χ2n) is 9.65. The summed E-state index contributed by atoms with van der Waals surface area (Å²) in [7, 11) is 0. The predicted molar refractivity (Wildman–Crippen MR) is 138 cm³/mol. The molecule has 2 aromatic carbocycles. The number of aromatic nitrogens is 3. The second kappa shape index (κ2) is 9.28. The van der Waals surface area contributed by atoms with Gasteiger partial charge in [-0.2, -0.15) is 10.4 Å². The van der Waals surface area contributed by atoms with E-state index in [1.807, 2.05) is 11.0 Å². The lowest BCUT2D eigenvalue weighted by molar-refractivity contribution is 0.0575. The van der Waals surface area contributed by atoms with Gasteiger partial charge in [-0.25, -0.2) is 18.6 Å². The van der Waals surface area contributed by atoms with Crippen LogP contribution in [0, 0.1) is 29.5 Å². The van der Waals surface area contributed by atoms with E-state index in [0.29, 0.717) is 21.3 Å². The van der Waals surface area contributed by atoms with Gasteiger partial charge >= 0.3 is 0 Å². The molecule has 2 aliphatic heterocycles. The fraction of sp³-hybridized carbons (Fsp3) is 0.296. The van der Waals surface area contributed by atoms with E-state index >= 15 is 4.39 Å². The molecule has 1 amide bonds. The molecule has 0 aliphatic carbocycles. The van der Waals surface area contributed by atoms with Crippen molar-refractivity contribution in [3.05, 3.63) is 64.6 Å². The molecule has 2 saturated heterocycles. The van der Waals surface area contributed by atoms with E-state index in [0.717, 1.165) is 37.0 Å². The van der Waals surface area contributed by atoms with Crippen LogP contribution < -0.4 is 5.73 Å². The van der Waals surface area contributed by atoms with E-state index < -0.39 is 11.6 Å².